The van der Waals surface area contributed by atoms with E-state index in [1.165, 1.54) is 0 Å². The molecular formula is C19H34O5. The Morgan fingerprint density at radius 2 is 1.83 bits per heavy atom. The van der Waals surface area contributed by atoms with E-state index >= 15 is 0 Å². The van der Waals surface area contributed by atoms with E-state index < -0.39 is 5.97 Å². The number of rotatable bonds is 15. The molecule has 1 saturated carbocycles. The molecule has 1 aliphatic carbocycles. The molecule has 0 saturated heterocycles. The molecule has 5 heteroatoms. The molecule has 1 fully saturated rings. The van der Waals surface area contributed by atoms with E-state index in [1.54, 1.807) is 0 Å². The Labute approximate surface area is 145 Å². The highest BCUT2D eigenvalue weighted by atomic mass is 16.5. The van der Waals surface area contributed by atoms with Crippen LogP contribution in [-0.2, 0) is 14.3 Å². The molecule has 1 rings (SSSR count). The fraction of sp³-hybridized carbons (Fsp3) is 0.895. The Balaban J connectivity index is 2.10. The van der Waals surface area contributed by atoms with Crippen LogP contribution in [0.15, 0.2) is 0 Å². The van der Waals surface area contributed by atoms with Gasteiger partial charge >= 0.3 is 5.97 Å². The fourth-order valence-corrected chi connectivity index (χ4v) is 3.41. The van der Waals surface area contributed by atoms with Crippen molar-refractivity contribution >= 4 is 12.4 Å². The number of unbranched alkanes of at least 4 members (excludes halogenated alkanes) is 2. The molecule has 0 radical (unpaired) electrons. The van der Waals surface area contributed by atoms with Crippen LogP contribution < -0.4 is 0 Å². The molecular weight excluding hydrogens is 308 g/mol. The molecule has 0 aromatic rings. The van der Waals surface area contributed by atoms with Crippen LogP contribution >= 0.6 is 0 Å². The molecule has 0 spiro atoms. The minimum Gasteiger partial charge on any atom is -0.481 e. The minimum atomic E-state index is -0.736. The third-order valence-corrected chi connectivity index (χ3v) is 5.20. The molecule has 0 aliphatic heterocycles. The lowest BCUT2D eigenvalue weighted by atomic mass is 9.83. The normalized spacial score (nSPS) is 17.3. The summed E-state index contributed by atoms with van der Waals surface area (Å²) in [6.45, 7) is 4.78. The molecule has 140 valence electrons. The average molecular weight is 342 g/mol. The summed E-state index contributed by atoms with van der Waals surface area (Å²) in [6.07, 6.45) is 10.2. The number of hydrogen-bond acceptors (Lipinski definition) is 4. The third kappa shape index (κ3) is 8.67. The van der Waals surface area contributed by atoms with Crippen LogP contribution in [0, 0.1) is 11.3 Å². The number of aliphatic hydroxyl groups is 1. The minimum absolute atomic E-state index is 0.155. The molecule has 1 aliphatic rings. The summed E-state index contributed by atoms with van der Waals surface area (Å²) in [5, 5.41) is 18.4. The summed E-state index contributed by atoms with van der Waals surface area (Å²) in [4.78, 5) is 21.2. The monoisotopic (exact) mass is 342 g/mol. The second kappa shape index (κ2) is 10.0. The number of carboxylic acid groups (broad SMARTS) is 1. The van der Waals surface area contributed by atoms with Crippen molar-refractivity contribution < 1.29 is 24.5 Å². The largest absolute Gasteiger partial charge is 0.481 e. The molecule has 24 heavy (non-hydrogen) atoms. The smallest absolute Gasteiger partial charge is 0.303 e. The van der Waals surface area contributed by atoms with Gasteiger partial charge in [-0.25, -0.2) is 0 Å². The average Bonchev–Trinajstić information content (AvgIpc) is 3.24. The Kier molecular flexibility index (Phi) is 8.74. The number of carbonyl (C=O) groups is 2. The van der Waals surface area contributed by atoms with Crippen LogP contribution in [0.25, 0.3) is 0 Å². The zero-order valence-electron chi connectivity index (χ0n) is 15.3. The number of hydrogen-bond donors (Lipinski definition) is 2. The summed E-state index contributed by atoms with van der Waals surface area (Å²) in [5.74, 6) is -0.407. The van der Waals surface area contributed by atoms with Gasteiger partial charge in [0, 0.05) is 6.61 Å². The Morgan fingerprint density at radius 1 is 1.21 bits per heavy atom. The first-order chi connectivity index (χ1) is 11.3. The molecule has 2 N–H and O–H groups in total. The van der Waals surface area contributed by atoms with Gasteiger partial charge in [-0.15, -0.1) is 0 Å². The number of ether oxygens (including phenoxy) is 1. The molecule has 0 bridgehead atoms. The summed E-state index contributed by atoms with van der Waals surface area (Å²) in [5.41, 5.74) is -0.316. The molecule has 0 aromatic carbocycles. The summed E-state index contributed by atoms with van der Waals surface area (Å²) < 4.78 is 5.14. The zero-order chi connectivity index (χ0) is 18.1. The summed E-state index contributed by atoms with van der Waals surface area (Å²) >= 11 is 0. The van der Waals surface area contributed by atoms with Gasteiger partial charge in [-0.3, -0.25) is 9.59 Å². The van der Waals surface area contributed by atoms with Gasteiger partial charge in [0.15, 0.2) is 0 Å². The van der Waals surface area contributed by atoms with Crippen LogP contribution in [0.2, 0.25) is 0 Å². The summed E-state index contributed by atoms with van der Waals surface area (Å²) in [6, 6.07) is 0. The number of aliphatic hydroxyl groups excluding tert-OH is 1. The van der Waals surface area contributed by atoms with E-state index in [0.717, 1.165) is 64.2 Å². The molecule has 5 nitrogen and oxygen atoms in total. The van der Waals surface area contributed by atoms with Crippen molar-refractivity contribution in [2.45, 2.75) is 90.1 Å². The predicted octanol–water partition coefficient (Wildman–Crippen LogP) is 3.92. The summed E-state index contributed by atoms with van der Waals surface area (Å²) in [7, 11) is 0. The van der Waals surface area contributed by atoms with Crippen LogP contribution in [0.5, 0.6) is 0 Å². The van der Waals surface area contributed by atoms with Crippen LogP contribution in [0.1, 0.15) is 84.5 Å². The Bertz CT molecular complexity index is 387. The third-order valence-electron chi connectivity index (χ3n) is 5.20. The lowest BCUT2D eigenvalue weighted by Crippen LogP contribution is -2.17. The molecule has 0 heterocycles. The molecule has 1 atom stereocenters. The predicted molar refractivity (Wildman–Crippen MR) is 92.7 cm³/mol. The van der Waals surface area contributed by atoms with Crippen LogP contribution in [0.4, 0.5) is 0 Å². The Hall–Kier alpha value is -1.10. The van der Waals surface area contributed by atoms with Gasteiger partial charge in [0.2, 0.25) is 0 Å². The number of aliphatic carboxylic acids is 1. The lowest BCUT2D eigenvalue weighted by molar-refractivity contribution is -0.139. The number of carboxylic acids is 1. The SMILES string of the molecule is CC(C)(CCCCC(CO)CCCCC1(OC=O)CC1)CC(=O)O. The van der Waals surface area contributed by atoms with Gasteiger partial charge in [-0.05, 0) is 56.3 Å². The Morgan fingerprint density at radius 3 is 2.33 bits per heavy atom. The van der Waals surface area contributed by atoms with Gasteiger partial charge < -0.3 is 14.9 Å². The van der Waals surface area contributed by atoms with Crippen LogP contribution in [-0.4, -0.2) is 34.9 Å². The van der Waals surface area contributed by atoms with Crippen molar-refractivity contribution in [1.29, 1.82) is 0 Å². The first-order valence-electron chi connectivity index (χ1n) is 9.27. The van der Waals surface area contributed by atoms with Crippen molar-refractivity contribution in [3.8, 4) is 0 Å². The maximum atomic E-state index is 10.8. The van der Waals surface area contributed by atoms with E-state index in [1.807, 2.05) is 13.8 Å². The highest BCUT2D eigenvalue weighted by molar-refractivity contribution is 5.67. The standard InChI is InChI=1S/C19H34O5/c1-18(2,13-17(22)23)9-5-3-7-16(14-20)8-4-6-10-19(11-12-19)24-15-21/h15-16,20H,3-14H2,1-2H3,(H,22,23). The van der Waals surface area contributed by atoms with Crippen molar-refractivity contribution in [3.63, 3.8) is 0 Å². The van der Waals surface area contributed by atoms with E-state index in [-0.39, 0.29) is 24.0 Å². The van der Waals surface area contributed by atoms with Crippen molar-refractivity contribution in [2.24, 2.45) is 11.3 Å². The van der Waals surface area contributed by atoms with Gasteiger partial charge in [-0.2, -0.15) is 0 Å². The second-order valence-corrected chi connectivity index (χ2v) is 8.17. The topological polar surface area (TPSA) is 83.8 Å². The van der Waals surface area contributed by atoms with Gasteiger partial charge in [0.25, 0.3) is 6.47 Å². The molecule has 0 amide bonds. The quantitative estimate of drug-likeness (QED) is 0.348. The van der Waals surface area contributed by atoms with E-state index in [0.29, 0.717) is 12.4 Å². The van der Waals surface area contributed by atoms with Crippen molar-refractivity contribution in [2.75, 3.05) is 6.61 Å². The molecule has 0 aromatic heterocycles. The van der Waals surface area contributed by atoms with Crippen LogP contribution in [0.3, 0.4) is 0 Å². The van der Waals surface area contributed by atoms with Gasteiger partial charge in [-0.1, -0.05) is 33.1 Å². The van der Waals surface area contributed by atoms with Gasteiger partial charge in [0.05, 0.1) is 6.42 Å². The highest BCUT2D eigenvalue weighted by Crippen LogP contribution is 2.43. The first kappa shape index (κ1) is 20.9. The van der Waals surface area contributed by atoms with Crippen molar-refractivity contribution in [3.05, 3.63) is 0 Å². The van der Waals surface area contributed by atoms with E-state index in [4.69, 9.17) is 9.84 Å². The zero-order valence-corrected chi connectivity index (χ0v) is 15.3. The lowest BCUT2D eigenvalue weighted by Gasteiger charge is -2.22. The van der Waals surface area contributed by atoms with E-state index in [2.05, 4.69) is 0 Å². The van der Waals surface area contributed by atoms with Gasteiger partial charge in [0.1, 0.15) is 5.60 Å². The maximum Gasteiger partial charge on any atom is 0.303 e. The number of carbonyl (C=O) groups excluding carboxylic acids is 1. The maximum absolute atomic E-state index is 10.8. The fourth-order valence-electron chi connectivity index (χ4n) is 3.41. The van der Waals surface area contributed by atoms with E-state index in [9.17, 15) is 14.7 Å². The molecule has 1 unspecified atom stereocenters. The first-order valence-corrected chi connectivity index (χ1v) is 9.27. The second-order valence-electron chi connectivity index (χ2n) is 8.17. The van der Waals surface area contributed by atoms with Crippen molar-refractivity contribution in [1.82, 2.24) is 0 Å². The highest BCUT2D eigenvalue weighted by Gasteiger charge is 2.44.